The lowest BCUT2D eigenvalue weighted by Gasteiger charge is -2.15. The minimum Gasteiger partial charge on any atom is -0.296 e. The van der Waals surface area contributed by atoms with Crippen LogP contribution in [0.3, 0.4) is 0 Å². The van der Waals surface area contributed by atoms with Crippen molar-refractivity contribution < 1.29 is 0 Å². The van der Waals surface area contributed by atoms with Gasteiger partial charge in [0.25, 0.3) is 5.56 Å². The van der Waals surface area contributed by atoms with E-state index in [9.17, 15) is 4.79 Å². The minimum atomic E-state index is -0.0630. The number of benzene rings is 1. The van der Waals surface area contributed by atoms with Crippen molar-refractivity contribution in [2.75, 3.05) is 0 Å². The summed E-state index contributed by atoms with van der Waals surface area (Å²) in [6.07, 6.45) is 5.90. The van der Waals surface area contributed by atoms with Crippen LogP contribution in [-0.2, 0) is 6.42 Å². The molecule has 0 amide bonds. The fraction of sp³-hybridized carbons (Fsp3) is 0.235. The standard InChI is InChI=1S/C17H16ClN3O/c1-11-6-14(18)8-15-16(11)20-10-21(17(15)22)12(2)7-13-4-3-5-19-9-13/h3-6,8-10,12H,7H2,1-2H3. The molecular formula is C17H16ClN3O. The number of halogens is 1. The van der Waals surface area contributed by atoms with Crippen molar-refractivity contribution >= 4 is 22.5 Å². The molecule has 0 bridgehead atoms. The highest BCUT2D eigenvalue weighted by Crippen LogP contribution is 2.20. The first kappa shape index (κ1) is 14.7. The highest BCUT2D eigenvalue weighted by Gasteiger charge is 2.12. The number of pyridine rings is 1. The van der Waals surface area contributed by atoms with Gasteiger partial charge in [0.1, 0.15) is 0 Å². The molecule has 0 saturated carbocycles. The first-order valence-corrected chi connectivity index (χ1v) is 7.50. The Hall–Kier alpha value is -2.20. The molecule has 1 aromatic carbocycles. The van der Waals surface area contributed by atoms with Gasteiger partial charge in [0, 0.05) is 23.5 Å². The van der Waals surface area contributed by atoms with E-state index in [2.05, 4.69) is 9.97 Å². The van der Waals surface area contributed by atoms with Crippen LogP contribution < -0.4 is 5.56 Å². The van der Waals surface area contributed by atoms with E-state index in [1.807, 2.05) is 38.2 Å². The summed E-state index contributed by atoms with van der Waals surface area (Å²) in [5, 5.41) is 1.12. The molecule has 2 aromatic heterocycles. The van der Waals surface area contributed by atoms with E-state index in [4.69, 9.17) is 11.6 Å². The molecule has 3 rings (SSSR count). The van der Waals surface area contributed by atoms with E-state index < -0.39 is 0 Å². The molecule has 1 unspecified atom stereocenters. The van der Waals surface area contributed by atoms with Crippen LogP contribution in [-0.4, -0.2) is 14.5 Å². The van der Waals surface area contributed by atoms with Crippen molar-refractivity contribution in [2.45, 2.75) is 26.3 Å². The summed E-state index contributed by atoms with van der Waals surface area (Å²) in [5.74, 6) is 0. The van der Waals surface area contributed by atoms with E-state index in [0.29, 0.717) is 15.9 Å². The molecule has 0 fully saturated rings. The Morgan fingerprint density at radius 2 is 2.18 bits per heavy atom. The molecule has 0 radical (unpaired) electrons. The maximum Gasteiger partial charge on any atom is 0.261 e. The third kappa shape index (κ3) is 2.74. The predicted molar refractivity (Wildman–Crippen MR) is 88.4 cm³/mol. The maximum absolute atomic E-state index is 12.7. The van der Waals surface area contributed by atoms with E-state index in [1.54, 1.807) is 23.2 Å². The monoisotopic (exact) mass is 313 g/mol. The van der Waals surface area contributed by atoms with E-state index >= 15 is 0 Å². The van der Waals surface area contributed by atoms with E-state index in [1.165, 1.54) is 0 Å². The number of aromatic nitrogens is 3. The van der Waals surface area contributed by atoms with Gasteiger partial charge < -0.3 is 0 Å². The third-order valence-electron chi connectivity index (χ3n) is 3.77. The minimum absolute atomic E-state index is 0.00659. The summed E-state index contributed by atoms with van der Waals surface area (Å²) in [7, 11) is 0. The van der Waals surface area contributed by atoms with Gasteiger partial charge in [-0.2, -0.15) is 0 Å². The van der Waals surface area contributed by atoms with Gasteiger partial charge in [-0.05, 0) is 49.6 Å². The highest BCUT2D eigenvalue weighted by molar-refractivity contribution is 6.31. The molecular weight excluding hydrogens is 298 g/mol. The lowest BCUT2D eigenvalue weighted by atomic mass is 10.1. The zero-order chi connectivity index (χ0) is 15.7. The Bertz CT molecular complexity index is 874. The Morgan fingerprint density at radius 3 is 2.91 bits per heavy atom. The molecule has 0 N–H and O–H groups in total. The van der Waals surface area contributed by atoms with Crippen LogP contribution in [0.2, 0.25) is 5.02 Å². The van der Waals surface area contributed by atoms with Crippen molar-refractivity contribution in [1.29, 1.82) is 0 Å². The topological polar surface area (TPSA) is 47.8 Å². The van der Waals surface area contributed by atoms with E-state index in [0.717, 1.165) is 17.5 Å². The first-order valence-electron chi connectivity index (χ1n) is 7.12. The Labute approximate surface area is 133 Å². The molecule has 0 aliphatic rings. The zero-order valence-corrected chi connectivity index (χ0v) is 13.2. The van der Waals surface area contributed by atoms with Gasteiger partial charge in [0.15, 0.2) is 0 Å². The van der Waals surface area contributed by atoms with Crippen LogP contribution in [0.15, 0.2) is 47.8 Å². The van der Waals surface area contributed by atoms with Crippen molar-refractivity contribution in [3.05, 3.63) is 69.5 Å². The summed E-state index contributed by atoms with van der Waals surface area (Å²) < 4.78 is 1.66. The number of aryl methyl sites for hydroxylation is 1. The molecule has 1 atom stereocenters. The van der Waals surface area contributed by atoms with Gasteiger partial charge in [0.2, 0.25) is 0 Å². The number of hydrogen-bond donors (Lipinski definition) is 0. The van der Waals surface area contributed by atoms with Gasteiger partial charge in [-0.25, -0.2) is 4.98 Å². The van der Waals surface area contributed by atoms with Crippen LogP contribution in [0.1, 0.15) is 24.1 Å². The van der Waals surface area contributed by atoms with E-state index in [-0.39, 0.29) is 11.6 Å². The second-order valence-electron chi connectivity index (χ2n) is 5.49. The van der Waals surface area contributed by atoms with Gasteiger partial charge in [-0.15, -0.1) is 0 Å². The fourth-order valence-electron chi connectivity index (χ4n) is 2.65. The second-order valence-corrected chi connectivity index (χ2v) is 5.93. The van der Waals surface area contributed by atoms with Crippen molar-refractivity contribution in [1.82, 2.24) is 14.5 Å². The molecule has 112 valence electrons. The van der Waals surface area contributed by atoms with Gasteiger partial charge in [-0.1, -0.05) is 17.7 Å². The number of rotatable bonds is 3. The lowest BCUT2D eigenvalue weighted by Crippen LogP contribution is -2.25. The molecule has 2 heterocycles. The SMILES string of the molecule is Cc1cc(Cl)cc2c(=O)n(C(C)Cc3cccnc3)cnc12. The van der Waals surface area contributed by atoms with Gasteiger partial charge in [0.05, 0.1) is 17.2 Å². The van der Waals surface area contributed by atoms with Crippen LogP contribution in [0.5, 0.6) is 0 Å². The van der Waals surface area contributed by atoms with Gasteiger partial charge >= 0.3 is 0 Å². The fourth-order valence-corrected chi connectivity index (χ4v) is 2.93. The van der Waals surface area contributed by atoms with Gasteiger partial charge in [-0.3, -0.25) is 14.3 Å². The van der Waals surface area contributed by atoms with Crippen molar-refractivity contribution in [2.24, 2.45) is 0 Å². The molecule has 22 heavy (non-hydrogen) atoms. The van der Waals surface area contributed by atoms with Crippen LogP contribution in [0.25, 0.3) is 10.9 Å². The Morgan fingerprint density at radius 1 is 1.36 bits per heavy atom. The molecule has 5 heteroatoms. The quantitative estimate of drug-likeness (QED) is 0.743. The maximum atomic E-state index is 12.7. The average molecular weight is 314 g/mol. The average Bonchev–Trinajstić information content (AvgIpc) is 2.49. The first-order chi connectivity index (χ1) is 10.6. The molecule has 0 saturated heterocycles. The van der Waals surface area contributed by atoms with Crippen molar-refractivity contribution in [3.63, 3.8) is 0 Å². The summed E-state index contributed by atoms with van der Waals surface area (Å²) in [5.41, 5.74) is 2.64. The lowest BCUT2D eigenvalue weighted by molar-refractivity contribution is 0.522. The molecule has 3 aromatic rings. The Balaban J connectivity index is 2.04. The van der Waals surface area contributed by atoms with Crippen LogP contribution >= 0.6 is 11.6 Å². The zero-order valence-electron chi connectivity index (χ0n) is 12.5. The highest BCUT2D eigenvalue weighted by atomic mass is 35.5. The summed E-state index contributed by atoms with van der Waals surface area (Å²) in [6.45, 7) is 3.91. The van der Waals surface area contributed by atoms with Crippen LogP contribution in [0, 0.1) is 6.92 Å². The number of fused-ring (bicyclic) bond motifs is 1. The Kier molecular flexibility index (Phi) is 3.94. The molecule has 0 aliphatic heterocycles. The third-order valence-corrected chi connectivity index (χ3v) is 3.99. The molecule has 4 nitrogen and oxygen atoms in total. The number of nitrogens with zero attached hydrogens (tertiary/aromatic N) is 3. The number of hydrogen-bond acceptors (Lipinski definition) is 3. The normalized spacial score (nSPS) is 12.5. The van der Waals surface area contributed by atoms with Crippen molar-refractivity contribution in [3.8, 4) is 0 Å². The largest absolute Gasteiger partial charge is 0.296 e. The summed E-state index contributed by atoms with van der Waals surface area (Å²) in [4.78, 5) is 21.3. The molecule has 0 aliphatic carbocycles. The second kappa shape index (κ2) is 5.89. The summed E-state index contributed by atoms with van der Waals surface area (Å²) >= 11 is 6.07. The smallest absolute Gasteiger partial charge is 0.261 e. The molecule has 0 spiro atoms. The summed E-state index contributed by atoms with van der Waals surface area (Å²) in [6, 6.07) is 7.40. The predicted octanol–water partition coefficient (Wildman–Crippen LogP) is 3.56. The van der Waals surface area contributed by atoms with Crippen LogP contribution in [0.4, 0.5) is 0 Å².